The van der Waals surface area contributed by atoms with Crippen LogP contribution in [-0.2, 0) is 11.2 Å². The summed E-state index contributed by atoms with van der Waals surface area (Å²) >= 11 is 6.06. The number of halogens is 1. The molecule has 0 saturated heterocycles. The van der Waals surface area contributed by atoms with Gasteiger partial charge in [0.05, 0.1) is 6.61 Å². The molecule has 5 nitrogen and oxygen atoms in total. The SMILES string of the molecule is Cc1ccc(CCCOC(=O)NC(N)=O)c(Cl)c1. The maximum atomic E-state index is 10.9. The lowest BCUT2D eigenvalue weighted by molar-refractivity contribution is 0.146. The Balaban J connectivity index is 2.29. The summed E-state index contributed by atoms with van der Waals surface area (Å²) in [6.07, 6.45) is 0.482. The third-order valence-electron chi connectivity index (χ3n) is 2.26. The lowest BCUT2D eigenvalue weighted by Gasteiger charge is -2.06. The number of nitrogens with two attached hydrogens (primary N) is 1. The molecule has 1 rings (SSSR count). The molecule has 0 radical (unpaired) electrons. The van der Waals surface area contributed by atoms with Crippen molar-refractivity contribution in [3.05, 3.63) is 34.3 Å². The Labute approximate surface area is 110 Å². The molecule has 1 aromatic carbocycles. The molecule has 18 heavy (non-hydrogen) atoms. The molecule has 0 atom stereocenters. The van der Waals surface area contributed by atoms with Crippen LogP contribution in [0.25, 0.3) is 0 Å². The molecular weight excluding hydrogens is 256 g/mol. The Kier molecular flexibility index (Phi) is 5.45. The van der Waals surface area contributed by atoms with Gasteiger partial charge in [-0.1, -0.05) is 23.7 Å². The molecule has 0 fully saturated rings. The first kappa shape index (κ1) is 14.3. The summed E-state index contributed by atoms with van der Waals surface area (Å²) in [7, 11) is 0. The second kappa shape index (κ2) is 6.86. The molecule has 0 saturated carbocycles. The molecule has 1 aromatic rings. The van der Waals surface area contributed by atoms with Crippen LogP contribution in [0.2, 0.25) is 5.02 Å². The predicted octanol–water partition coefficient (Wildman–Crippen LogP) is 2.39. The van der Waals surface area contributed by atoms with Crippen molar-refractivity contribution in [3.8, 4) is 0 Å². The van der Waals surface area contributed by atoms with E-state index in [1.54, 1.807) is 0 Å². The Hall–Kier alpha value is -1.75. The van der Waals surface area contributed by atoms with E-state index in [-0.39, 0.29) is 6.61 Å². The number of benzene rings is 1. The van der Waals surface area contributed by atoms with E-state index in [2.05, 4.69) is 0 Å². The first-order valence-electron chi connectivity index (χ1n) is 5.47. The molecule has 0 aliphatic heterocycles. The molecule has 0 aliphatic rings. The van der Waals surface area contributed by atoms with Crippen molar-refractivity contribution in [2.45, 2.75) is 19.8 Å². The van der Waals surface area contributed by atoms with Crippen LogP contribution in [0, 0.1) is 6.92 Å². The highest BCUT2D eigenvalue weighted by molar-refractivity contribution is 6.31. The normalized spacial score (nSPS) is 9.89. The summed E-state index contributed by atoms with van der Waals surface area (Å²) in [6.45, 7) is 2.16. The number of ether oxygens (including phenoxy) is 1. The number of primary amides is 1. The minimum absolute atomic E-state index is 0.198. The van der Waals surface area contributed by atoms with E-state index in [1.165, 1.54) is 0 Å². The molecule has 0 aliphatic carbocycles. The number of aryl methyl sites for hydroxylation is 2. The molecule has 0 heterocycles. The van der Waals surface area contributed by atoms with E-state index < -0.39 is 12.1 Å². The molecule has 6 heteroatoms. The lowest BCUT2D eigenvalue weighted by Crippen LogP contribution is -2.35. The van der Waals surface area contributed by atoms with Gasteiger partial charge in [-0.05, 0) is 37.0 Å². The van der Waals surface area contributed by atoms with Crippen molar-refractivity contribution in [1.29, 1.82) is 0 Å². The van der Waals surface area contributed by atoms with Gasteiger partial charge in [0, 0.05) is 5.02 Å². The molecular formula is C12H15ClN2O3. The van der Waals surface area contributed by atoms with Crippen LogP contribution in [0.3, 0.4) is 0 Å². The van der Waals surface area contributed by atoms with Crippen LogP contribution in [0.4, 0.5) is 9.59 Å². The van der Waals surface area contributed by atoms with Gasteiger partial charge in [0.2, 0.25) is 0 Å². The van der Waals surface area contributed by atoms with Gasteiger partial charge in [-0.3, -0.25) is 0 Å². The zero-order chi connectivity index (χ0) is 13.5. The summed E-state index contributed by atoms with van der Waals surface area (Å²) in [5, 5.41) is 2.52. The van der Waals surface area contributed by atoms with E-state index in [0.717, 1.165) is 11.1 Å². The van der Waals surface area contributed by atoms with Gasteiger partial charge in [0.1, 0.15) is 0 Å². The third-order valence-corrected chi connectivity index (χ3v) is 2.61. The summed E-state index contributed by atoms with van der Waals surface area (Å²) in [6, 6.07) is 4.88. The predicted molar refractivity (Wildman–Crippen MR) is 68.6 cm³/mol. The molecule has 0 aromatic heterocycles. The van der Waals surface area contributed by atoms with Crippen molar-refractivity contribution in [2.75, 3.05) is 6.61 Å². The molecule has 3 amide bonds. The summed E-state index contributed by atoms with van der Waals surface area (Å²) < 4.78 is 4.74. The maximum absolute atomic E-state index is 10.9. The van der Waals surface area contributed by atoms with Crippen molar-refractivity contribution in [2.24, 2.45) is 5.73 Å². The number of urea groups is 1. The van der Waals surface area contributed by atoms with Crippen LogP contribution in [0.15, 0.2) is 18.2 Å². The number of carbonyl (C=O) groups excluding carboxylic acids is 2. The van der Waals surface area contributed by atoms with Crippen LogP contribution in [0.1, 0.15) is 17.5 Å². The zero-order valence-corrected chi connectivity index (χ0v) is 10.8. The molecule has 0 unspecified atom stereocenters. The summed E-state index contributed by atoms with van der Waals surface area (Å²) in [5.74, 6) is 0. The van der Waals surface area contributed by atoms with Gasteiger partial charge in [0.15, 0.2) is 0 Å². The number of alkyl carbamates (subject to hydrolysis) is 1. The van der Waals surface area contributed by atoms with Gasteiger partial charge in [-0.25, -0.2) is 14.9 Å². The number of carbonyl (C=O) groups is 2. The first-order chi connectivity index (χ1) is 8.49. The second-order valence-corrected chi connectivity index (χ2v) is 4.23. The van der Waals surface area contributed by atoms with Gasteiger partial charge in [0.25, 0.3) is 0 Å². The fraction of sp³-hybridized carbons (Fsp3) is 0.333. The molecule has 3 N–H and O–H groups in total. The van der Waals surface area contributed by atoms with Crippen LogP contribution in [-0.4, -0.2) is 18.7 Å². The fourth-order valence-electron chi connectivity index (χ4n) is 1.42. The monoisotopic (exact) mass is 270 g/mol. The molecule has 0 spiro atoms. The van der Waals surface area contributed by atoms with Crippen LogP contribution in [0.5, 0.6) is 0 Å². The Morgan fingerprint density at radius 2 is 2.17 bits per heavy atom. The third kappa shape index (κ3) is 5.05. The largest absolute Gasteiger partial charge is 0.449 e. The highest BCUT2D eigenvalue weighted by Crippen LogP contribution is 2.18. The van der Waals surface area contributed by atoms with Gasteiger partial charge in [-0.2, -0.15) is 0 Å². The molecule has 0 bridgehead atoms. The highest BCUT2D eigenvalue weighted by Gasteiger charge is 2.05. The summed E-state index contributed by atoms with van der Waals surface area (Å²) in [5.41, 5.74) is 6.85. The number of imide groups is 1. The van der Waals surface area contributed by atoms with Gasteiger partial charge >= 0.3 is 12.1 Å². The number of hydrogen-bond donors (Lipinski definition) is 2. The minimum Gasteiger partial charge on any atom is -0.449 e. The van der Waals surface area contributed by atoms with Gasteiger partial charge in [-0.15, -0.1) is 0 Å². The standard InChI is InChI=1S/C12H15ClN2O3/c1-8-4-5-9(10(13)7-8)3-2-6-18-12(17)15-11(14)16/h4-5,7H,2-3,6H2,1H3,(H3,14,15,16,17). The van der Waals surface area contributed by atoms with E-state index in [1.807, 2.05) is 30.4 Å². The summed E-state index contributed by atoms with van der Waals surface area (Å²) in [4.78, 5) is 21.2. The first-order valence-corrected chi connectivity index (χ1v) is 5.85. The minimum atomic E-state index is -0.929. The maximum Gasteiger partial charge on any atom is 0.415 e. The van der Waals surface area contributed by atoms with E-state index in [0.29, 0.717) is 17.9 Å². The number of hydrogen-bond acceptors (Lipinski definition) is 3. The quantitative estimate of drug-likeness (QED) is 0.824. The topological polar surface area (TPSA) is 81.4 Å². The Morgan fingerprint density at radius 1 is 1.44 bits per heavy atom. The zero-order valence-electron chi connectivity index (χ0n) is 10.0. The van der Waals surface area contributed by atoms with Crippen molar-refractivity contribution >= 4 is 23.7 Å². The molecule has 98 valence electrons. The van der Waals surface area contributed by atoms with Crippen LogP contribution < -0.4 is 11.1 Å². The van der Waals surface area contributed by atoms with Gasteiger partial charge < -0.3 is 10.5 Å². The smallest absolute Gasteiger partial charge is 0.415 e. The van der Waals surface area contributed by atoms with Crippen molar-refractivity contribution in [1.82, 2.24) is 5.32 Å². The average molecular weight is 271 g/mol. The highest BCUT2D eigenvalue weighted by atomic mass is 35.5. The second-order valence-electron chi connectivity index (χ2n) is 3.82. The number of rotatable bonds is 4. The Morgan fingerprint density at radius 3 is 2.78 bits per heavy atom. The average Bonchev–Trinajstić information content (AvgIpc) is 2.25. The van der Waals surface area contributed by atoms with E-state index >= 15 is 0 Å². The van der Waals surface area contributed by atoms with Crippen molar-refractivity contribution in [3.63, 3.8) is 0 Å². The van der Waals surface area contributed by atoms with Crippen molar-refractivity contribution < 1.29 is 14.3 Å². The van der Waals surface area contributed by atoms with E-state index in [9.17, 15) is 9.59 Å². The lowest BCUT2D eigenvalue weighted by atomic mass is 10.1. The van der Waals surface area contributed by atoms with E-state index in [4.69, 9.17) is 22.1 Å². The number of amides is 3. The number of nitrogens with one attached hydrogen (secondary N) is 1. The van der Waals surface area contributed by atoms with Crippen LogP contribution >= 0.6 is 11.6 Å². The fourth-order valence-corrected chi connectivity index (χ4v) is 1.75. The Bertz CT molecular complexity index is 449.